The molecule has 4 aromatic rings. The molecule has 5 heterocycles. The SMILES string of the molecule is CN1CCC(NC(=O)c2cc(-c3cc(=NC4CC4)n4nc/c(=C\c5[nH]c(=O)[nH]c5O)c4n3)cs2)CC1. The highest BCUT2D eigenvalue weighted by atomic mass is 32.1. The molecule has 1 aliphatic carbocycles. The van der Waals surface area contributed by atoms with Crippen LogP contribution in [0.4, 0.5) is 0 Å². The molecular formula is C24H26N8O3S. The van der Waals surface area contributed by atoms with Crippen molar-refractivity contribution in [2.75, 3.05) is 20.1 Å². The number of imidazole rings is 1. The second kappa shape index (κ2) is 9.03. The maximum atomic E-state index is 12.9. The molecule has 0 bridgehead atoms. The third-order valence-corrected chi connectivity index (χ3v) is 7.48. The van der Waals surface area contributed by atoms with Gasteiger partial charge >= 0.3 is 5.69 Å². The summed E-state index contributed by atoms with van der Waals surface area (Å²) in [6.07, 6.45) is 7.22. The fraction of sp³-hybridized carbons (Fsp3) is 0.375. The van der Waals surface area contributed by atoms with E-state index < -0.39 is 5.69 Å². The molecule has 186 valence electrons. The standard InChI is InChI=1S/C24H26N8O3S/c1-31-6-4-16(5-7-31)27-23(34)19-9-14(12-36-19)17-10-20(26-15-2-3-15)32-21(28-17)13(11-25-32)8-18-22(33)30-24(35)29-18/h8-12,15-16,33H,2-7H2,1H3,(H,27,34)(H2,29,30,35)/b13-8+,26-20?. The number of nitrogens with zero attached hydrogens (tertiary/aromatic N) is 5. The molecule has 0 spiro atoms. The van der Waals surface area contributed by atoms with Crippen molar-refractivity contribution in [2.45, 2.75) is 37.8 Å². The second-order valence-electron chi connectivity index (χ2n) is 9.43. The Morgan fingerprint density at radius 3 is 2.78 bits per heavy atom. The Morgan fingerprint density at radius 1 is 1.25 bits per heavy atom. The van der Waals surface area contributed by atoms with E-state index in [4.69, 9.17) is 9.98 Å². The first kappa shape index (κ1) is 22.7. The highest BCUT2D eigenvalue weighted by Gasteiger charge is 2.22. The summed E-state index contributed by atoms with van der Waals surface area (Å²) in [6.45, 7) is 1.97. The Kier molecular flexibility index (Phi) is 5.69. The molecule has 1 amide bonds. The minimum absolute atomic E-state index is 0.0602. The molecule has 4 N–H and O–H groups in total. The number of hydrogen-bond donors (Lipinski definition) is 4. The zero-order chi connectivity index (χ0) is 24.8. The van der Waals surface area contributed by atoms with Crippen LogP contribution in [0.2, 0.25) is 0 Å². The van der Waals surface area contributed by atoms with Crippen LogP contribution in [0.3, 0.4) is 0 Å². The Bertz CT molecular complexity index is 1620. The van der Waals surface area contributed by atoms with E-state index in [0.717, 1.165) is 44.3 Å². The fourth-order valence-corrected chi connectivity index (χ4v) is 5.15. The number of rotatable bonds is 5. The minimum Gasteiger partial charge on any atom is -0.493 e. The number of piperidine rings is 1. The van der Waals surface area contributed by atoms with Crippen LogP contribution < -0.4 is 21.7 Å². The Hall–Kier alpha value is -3.77. The van der Waals surface area contributed by atoms with Gasteiger partial charge in [0.2, 0.25) is 5.88 Å². The van der Waals surface area contributed by atoms with Crippen LogP contribution in [0.1, 0.15) is 41.0 Å². The molecule has 11 nitrogen and oxygen atoms in total. The van der Waals surface area contributed by atoms with Crippen molar-refractivity contribution in [1.82, 2.24) is 34.8 Å². The lowest BCUT2D eigenvalue weighted by Gasteiger charge is -2.29. The van der Waals surface area contributed by atoms with Crippen LogP contribution >= 0.6 is 11.3 Å². The summed E-state index contributed by atoms with van der Waals surface area (Å²) in [4.78, 5) is 41.8. The van der Waals surface area contributed by atoms with E-state index in [0.29, 0.717) is 26.9 Å². The van der Waals surface area contributed by atoms with Crippen LogP contribution in [0.5, 0.6) is 5.88 Å². The number of thiophene rings is 1. The fourth-order valence-electron chi connectivity index (χ4n) is 4.34. The molecule has 0 atom stereocenters. The largest absolute Gasteiger partial charge is 0.493 e. The molecule has 0 aromatic carbocycles. The van der Waals surface area contributed by atoms with Gasteiger partial charge in [0.15, 0.2) is 11.1 Å². The molecule has 1 saturated heterocycles. The van der Waals surface area contributed by atoms with Gasteiger partial charge in [0.05, 0.1) is 22.8 Å². The molecular weight excluding hydrogens is 480 g/mol. The van der Waals surface area contributed by atoms with Gasteiger partial charge in [-0.1, -0.05) is 0 Å². The van der Waals surface area contributed by atoms with E-state index in [1.54, 1.807) is 16.8 Å². The zero-order valence-electron chi connectivity index (χ0n) is 19.7. The van der Waals surface area contributed by atoms with Crippen molar-refractivity contribution in [3.63, 3.8) is 0 Å². The summed E-state index contributed by atoms with van der Waals surface area (Å²) in [7, 11) is 2.10. The van der Waals surface area contributed by atoms with Gasteiger partial charge in [0, 0.05) is 28.3 Å². The highest BCUT2D eigenvalue weighted by molar-refractivity contribution is 7.12. The number of aromatic hydroxyl groups is 1. The van der Waals surface area contributed by atoms with Crippen LogP contribution in [-0.2, 0) is 0 Å². The van der Waals surface area contributed by atoms with Gasteiger partial charge in [0.1, 0.15) is 5.69 Å². The van der Waals surface area contributed by atoms with Gasteiger partial charge in [-0.15, -0.1) is 11.3 Å². The normalized spacial score (nSPS) is 18.4. The van der Waals surface area contributed by atoms with Crippen LogP contribution in [-0.4, -0.2) is 72.7 Å². The van der Waals surface area contributed by atoms with E-state index in [1.807, 2.05) is 17.5 Å². The Labute approximate surface area is 209 Å². The summed E-state index contributed by atoms with van der Waals surface area (Å²) in [5, 5.41) is 20.1. The topological polar surface area (TPSA) is 144 Å². The number of amides is 1. The predicted octanol–water partition coefficient (Wildman–Crippen LogP) is 0.615. The third kappa shape index (κ3) is 4.56. The first-order valence-corrected chi connectivity index (χ1v) is 12.8. The molecule has 2 fully saturated rings. The molecule has 0 radical (unpaired) electrons. The number of aromatic amines is 2. The lowest BCUT2D eigenvalue weighted by molar-refractivity contribution is 0.0921. The summed E-state index contributed by atoms with van der Waals surface area (Å²) < 4.78 is 1.66. The van der Waals surface area contributed by atoms with Crippen molar-refractivity contribution >= 4 is 29.0 Å². The van der Waals surface area contributed by atoms with Gasteiger partial charge in [-0.25, -0.2) is 9.78 Å². The Balaban J connectivity index is 1.37. The van der Waals surface area contributed by atoms with E-state index in [1.165, 1.54) is 11.3 Å². The monoisotopic (exact) mass is 506 g/mol. The number of carbonyl (C=O) groups is 1. The lowest BCUT2D eigenvalue weighted by atomic mass is 10.1. The van der Waals surface area contributed by atoms with Crippen LogP contribution in [0, 0.1) is 0 Å². The molecule has 1 saturated carbocycles. The molecule has 12 heteroatoms. The van der Waals surface area contributed by atoms with Crippen LogP contribution in [0.15, 0.2) is 33.5 Å². The first-order chi connectivity index (χ1) is 17.4. The lowest BCUT2D eigenvalue weighted by Crippen LogP contribution is -2.43. The summed E-state index contributed by atoms with van der Waals surface area (Å²) >= 11 is 1.39. The number of H-pyrrole nitrogens is 2. The van der Waals surface area contributed by atoms with Crippen molar-refractivity contribution in [3.05, 3.63) is 55.5 Å². The molecule has 6 rings (SSSR count). The number of nitrogens with one attached hydrogen (secondary N) is 3. The van der Waals surface area contributed by atoms with Gasteiger partial charge in [-0.3, -0.25) is 14.8 Å². The van der Waals surface area contributed by atoms with Crippen molar-refractivity contribution in [3.8, 4) is 17.1 Å². The maximum absolute atomic E-state index is 12.9. The quantitative estimate of drug-likeness (QED) is 0.312. The first-order valence-electron chi connectivity index (χ1n) is 12.0. The maximum Gasteiger partial charge on any atom is 0.326 e. The number of hydrogen-bond acceptors (Lipinski definition) is 8. The van der Waals surface area contributed by atoms with Gasteiger partial charge in [0.25, 0.3) is 5.91 Å². The van der Waals surface area contributed by atoms with E-state index in [9.17, 15) is 14.7 Å². The van der Waals surface area contributed by atoms with Crippen molar-refractivity contribution in [1.29, 1.82) is 0 Å². The van der Waals surface area contributed by atoms with Gasteiger partial charge in [-0.2, -0.15) is 9.61 Å². The second-order valence-corrected chi connectivity index (χ2v) is 10.3. The predicted molar refractivity (Wildman–Crippen MR) is 135 cm³/mol. The third-order valence-electron chi connectivity index (χ3n) is 6.55. The van der Waals surface area contributed by atoms with E-state index in [-0.39, 0.29) is 29.6 Å². The van der Waals surface area contributed by atoms with Gasteiger partial charge < -0.3 is 20.3 Å². The average Bonchev–Trinajstić information content (AvgIpc) is 3.24. The average molecular weight is 507 g/mol. The van der Waals surface area contributed by atoms with E-state index in [2.05, 4.69) is 32.3 Å². The Morgan fingerprint density at radius 2 is 2.06 bits per heavy atom. The minimum atomic E-state index is -0.502. The zero-order valence-corrected chi connectivity index (χ0v) is 20.5. The van der Waals surface area contributed by atoms with Gasteiger partial charge in [-0.05, 0) is 58.0 Å². The molecule has 0 unspecified atom stereocenters. The summed E-state index contributed by atoms with van der Waals surface area (Å²) in [5.41, 5.74) is 2.46. The summed E-state index contributed by atoms with van der Waals surface area (Å²) in [6, 6.07) is 4.21. The van der Waals surface area contributed by atoms with Crippen molar-refractivity contribution < 1.29 is 9.90 Å². The highest BCUT2D eigenvalue weighted by Crippen LogP contribution is 2.25. The smallest absolute Gasteiger partial charge is 0.326 e. The molecule has 2 aliphatic rings. The number of likely N-dealkylation sites (tertiary alicyclic amines) is 1. The number of aromatic nitrogens is 5. The number of fused-ring (bicyclic) bond motifs is 1. The molecule has 36 heavy (non-hydrogen) atoms. The summed E-state index contributed by atoms with van der Waals surface area (Å²) in [5.74, 6) is -0.313. The van der Waals surface area contributed by atoms with Crippen LogP contribution in [0.25, 0.3) is 23.0 Å². The molecule has 4 aromatic heterocycles. The van der Waals surface area contributed by atoms with E-state index >= 15 is 0 Å². The number of carbonyl (C=O) groups excluding carboxylic acids is 1. The molecule has 1 aliphatic heterocycles. The van der Waals surface area contributed by atoms with Crippen molar-refractivity contribution in [2.24, 2.45) is 4.99 Å².